The maximum absolute atomic E-state index is 12.9. The first-order valence-electron chi connectivity index (χ1n) is 7.89. The monoisotopic (exact) mass is 305 g/mol. The third-order valence-electron chi connectivity index (χ3n) is 4.55. The molecule has 21 heavy (non-hydrogen) atoms. The van der Waals surface area contributed by atoms with E-state index < -0.39 is 0 Å². The molecule has 3 rings (SSSR count). The SMILES string of the molecule is CCN(CC)CCn1c(C)nc2sc3c(c2c1=O)CCC3. The zero-order valence-corrected chi connectivity index (χ0v) is 13.9. The number of aryl methyl sites for hydroxylation is 3. The largest absolute Gasteiger partial charge is 0.302 e. The van der Waals surface area contributed by atoms with Crippen molar-refractivity contribution >= 4 is 21.6 Å². The lowest BCUT2D eigenvalue weighted by Crippen LogP contribution is -2.32. The Labute approximate surface area is 129 Å². The normalized spacial score (nSPS) is 14.3. The summed E-state index contributed by atoms with van der Waals surface area (Å²) in [5.74, 6) is 0.847. The van der Waals surface area contributed by atoms with Gasteiger partial charge in [0.1, 0.15) is 10.7 Å². The molecule has 2 heterocycles. The van der Waals surface area contributed by atoms with Crippen molar-refractivity contribution in [3.05, 3.63) is 26.6 Å². The van der Waals surface area contributed by atoms with Crippen LogP contribution in [0.15, 0.2) is 4.79 Å². The number of aromatic nitrogens is 2. The van der Waals surface area contributed by atoms with Gasteiger partial charge >= 0.3 is 0 Å². The second-order valence-electron chi connectivity index (χ2n) is 5.68. The Kier molecular flexibility index (Phi) is 4.13. The van der Waals surface area contributed by atoms with Crippen LogP contribution in [0.1, 0.15) is 36.5 Å². The molecule has 0 saturated heterocycles. The van der Waals surface area contributed by atoms with Crippen LogP contribution in [0.3, 0.4) is 0 Å². The Morgan fingerprint density at radius 3 is 2.76 bits per heavy atom. The van der Waals surface area contributed by atoms with Crippen LogP contribution in [-0.2, 0) is 19.4 Å². The highest BCUT2D eigenvalue weighted by atomic mass is 32.1. The summed E-state index contributed by atoms with van der Waals surface area (Å²) in [5, 5.41) is 0.901. The van der Waals surface area contributed by atoms with Gasteiger partial charge in [-0.1, -0.05) is 13.8 Å². The fourth-order valence-corrected chi connectivity index (χ4v) is 4.52. The van der Waals surface area contributed by atoms with Crippen LogP contribution in [0.4, 0.5) is 0 Å². The maximum Gasteiger partial charge on any atom is 0.262 e. The molecule has 2 aromatic heterocycles. The average Bonchev–Trinajstić information content (AvgIpc) is 3.02. The molecule has 4 nitrogen and oxygen atoms in total. The summed E-state index contributed by atoms with van der Waals surface area (Å²) in [6.45, 7) is 9.96. The molecule has 0 aliphatic heterocycles. The van der Waals surface area contributed by atoms with Crippen molar-refractivity contribution in [3.8, 4) is 0 Å². The lowest BCUT2D eigenvalue weighted by Gasteiger charge is -2.19. The first-order valence-corrected chi connectivity index (χ1v) is 8.71. The summed E-state index contributed by atoms with van der Waals surface area (Å²) in [4.78, 5) is 22.2. The Morgan fingerprint density at radius 1 is 1.29 bits per heavy atom. The highest BCUT2D eigenvalue weighted by molar-refractivity contribution is 7.18. The summed E-state index contributed by atoms with van der Waals surface area (Å²) >= 11 is 1.72. The Balaban J connectivity index is 2.01. The molecular formula is C16H23N3OS. The fourth-order valence-electron chi connectivity index (χ4n) is 3.22. The van der Waals surface area contributed by atoms with Gasteiger partial charge in [0.25, 0.3) is 5.56 Å². The third-order valence-corrected chi connectivity index (χ3v) is 5.74. The predicted octanol–water partition coefficient (Wildman–Crippen LogP) is 2.60. The second-order valence-corrected chi connectivity index (χ2v) is 6.76. The number of nitrogens with zero attached hydrogens (tertiary/aromatic N) is 3. The van der Waals surface area contributed by atoms with Crippen LogP contribution in [0.2, 0.25) is 0 Å². The molecule has 2 aromatic rings. The molecule has 1 aliphatic rings. The zero-order valence-electron chi connectivity index (χ0n) is 13.1. The molecule has 114 valence electrons. The number of hydrogen-bond donors (Lipinski definition) is 0. The number of fused-ring (bicyclic) bond motifs is 3. The van der Waals surface area contributed by atoms with Crippen molar-refractivity contribution in [2.75, 3.05) is 19.6 Å². The molecule has 5 heteroatoms. The van der Waals surface area contributed by atoms with Crippen molar-refractivity contribution in [3.63, 3.8) is 0 Å². The van der Waals surface area contributed by atoms with E-state index in [2.05, 4.69) is 18.7 Å². The second kappa shape index (κ2) is 5.89. The number of likely N-dealkylation sites (N-methyl/N-ethyl adjacent to an activating group) is 1. The zero-order chi connectivity index (χ0) is 15.0. The molecule has 0 N–H and O–H groups in total. The van der Waals surface area contributed by atoms with Crippen molar-refractivity contribution in [2.45, 2.75) is 46.6 Å². The first-order chi connectivity index (χ1) is 10.2. The maximum atomic E-state index is 12.9. The number of rotatable bonds is 5. The fraction of sp³-hybridized carbons (Fsp3) is 0.625. The van der Waals surface area contributed by atoms with Crippen molar-refractivity contribution in [2.24, 2.45) is 0 Å². The van der Waals surface area contributed by atoms with Gasteiger partial charge in [-0.2, -0.15) is 0 Å². The average molecular weight is 305 g/mol. The van der Waals surface area contributed by atoms with E-state index in [0.717, 1.165) is 55.1 Å². The van der Waals surface area contributed by atoms with E-state index in [1.54, 1.807) is 11.3 Å². The minimum atomic E-state index is 0.170. The van der Waals surface area contributed by atoms with Gasteiger partial charge in [0.2, 0.25) is 0 Å². The van der Waals surface area contributed by atoms with E-state index >= 15 is 0 Å². The highest BCUT2D eigenvalue weighted by Crippen LogP contribution is 2.34. The van der Waals surface area contributed by atoms with Gasteiger partial charge < -0.3 is 4.90 Å². The minimum absolute atomic E-state index is 0.170. The minimum Gasteiger partial charge on any atom is -0.302 e. The molecule has 1 aliphatic carbocycles. The van der Waals surface area contributed by atoms with Gasteiger partial charge in [0, 0.05) is 18.0 Å². The van der Waals surface area contributed by atoms with E-state index in [4.69, 9.17) is 4.98 Å². The van der Waals surface area contributed by atoms with Crippen LogP contribution in [0.5, 0.6) is 0 Å². The summed E-state index contributed by atoms with van der Waals surface area (Å²) in [6, 6.07) is 0. The molecule has 0 fully saturated rings. The van der Waals surface area contributed by atoms with Crippen molar-refractivity contribution < 1.29 is 0 Å². The summed E-state index contributed by atoms with van der Waals surface area (Å²) in [5.41, 5.74) is 1.45. The molecule has 0 atom stereocenters. The van der Waals surface area contributed by atoms with Crippen molar-refractivity contribution in [1.82, 2.24) is 14.5 Å². The summed E-state index contributed by atoms with van der Waals surface area (Å²) < 4.78 is 1.87. The van der Waals surface area contributed by atoms with E-state index in [-0.39, 0.29) is 5.56 Å². The Bertz CT molecular complexity index is 712. The molecule has 0 saturated carbocycles. The van der Waals surface area contributed by atoms with E-state index in [9.17, 15) is 4.79 Å². The number of thiophene rings is 1. The van der Waals surface area contributed by atoms with Crippen LogP contribution in [0, 0.1) is 6.92 Å². The topological polar surface area (TPSA) is 38.1 Å². The van der Waals surface area contributed by atoms with Crippen molar-refractivity contribution in [1.29, 1.82) is 0 Å². The Hall–Kier alpha value is -1.20. The molecule has 0 radical (unpaired) electrons. The van der Waals surface area contributed by atoms with Gasteiger partial charge in [0.15, 0.2) is 0 Å². The van der Waals surface area contributed by atoms with Gasteiger partial charge in [-0.05, 0) is 44.8 Å². The summed E-state index contributed by atoms with van der Waals surface area (Å²) in [7, 11) is 0. The highest BCUT2D eigenvalue weighted by Gasteiger charge is 2.22. The molecular weight excluding hydrogens is 282 g/mol. The Morgan fingerprint density at radius 2 is 2.05 bits per heavy atom. The smallest absolute Gasteiger partial charge is 0.262 e. The quantitative estimate of drug-likeness (QED) is 0.852. The summed E-state index contributed by atoms with van der Waals surface area (Å²) in [6.07, 6.45) is 3.35. The first kappa shape index (κ1) is 14.7. The van der Waals surface area contributed by atoms with Crippen LogP contribution in [-0.4, -0.2) is 34.1 Å². The predicted molar refractivity (Wildman–Crippen MR) is 88.4 cm³/mol. The number of hydrogen-bond acceptors (Lipinski definition) is 4. The lowest BCUT2D eigenvalue weighted by molar-refractivity contribution is 0.288. The van der Waals surface area contributed by atoms with E-state index in [1.165, 1.54) is 16.9 Å². The van der Waals surface area contributed by atoms with Gasteiger partial charge in [-0.3, -0.25) is 9.36 Å². The molecule has 0 unspecified atom stereocenters. The van der Waals surface area contributed by atoms with Crippen LogP contribution in [0.25, 0.3) is 10.2 Å². The molecule has 0 spiro atoms. The van der Waals surface area contributed by atoms with Gasteiger partial charge in [-0.15, -0.1) is 11.3 Å². The third kappa shape index (κ3) is 2.53. The molecule has 0 aromatic carbocycles. The van der Waals surface area contributed by atoms with Crippen LogP contribution < -0.4 is 5.56 Å². The van der Waals surface area contributed by atoms with Gasteiger partial charge in [-0.25, -0.2) is 4.98 Å². The standard InChI is InChI=1S/C16H23N3OS/c1-4-18(5-2)9-10-19-11(3)17-15-14(16(19)20)12-7-6-8-13(12)21-15/h4-10H2,1-3H3. The molecule has 0 bridgehead atoms. The lowest BCUT2D eigenvalue weighted by atomic mass is 10.2. The van der Waals surface area contributed by atoms with Crippen LogP contribution >= 0.6 is 11.3 Å². The van der Waals surface area contributed by atoms with E-state index in [1.807, 2.05) is 11.5 Å². The van der Waals surface area contributed by atoms with Gasteiger partial charge in [0.05, 0.1) is 5.39 Å². The molecule has 0 amide bonds. The van der Waals surface area contributed by atoms with E-state index in [0.29, 0.717) is 0 Å².